The number of hydrazone groups is 1. The predicted molar refractivity (Wildman–Crippen MR) is 134 cm³/mol. The Balaban J connectivity index is 1.75. The van der Waals surface area contributed by atoms with Crippen LogP contribution in [0.2, 0.25) is 5.02 Å². The van der Waals surface area contributed by atoms with Gasteiger partial charge in [0.1, 0.15) is 6.54 Å². The van der Waals surface area contributed by atoms with E-state index in [1.165, 1.54) is 6.07 Å². The highest BCUT2D eigenvalue weighted by molar-refractivity contribution is 7.92. The molecule has 0 saturated carbocycles. The van der Waals surface area contributed by atoms with Gasteiger partial charge in [0.05, 0.1) is 18.2 Å². The molecule has 9 heteroatoms. The average Bonchev–Trinajstić information content (AvgIpc) is 3.00. The summed E-state index contributed by atoms with van der Waals surface area (Å²) in [6.07, 6.45) is 2.59. The van der Waals surface area contributed by atoms with E-state index in [1.807, 2.05) is 52.0 Å². The second-order valence-corrected chi connectivity index (χ2v) is 10.3. The summed E-state index contributed by atoms with van der Waals surface area (Å²) < 4.78 is 27.6. The number of nitrogens with zero attached hydrogens (tertiary/aromatic N) is 3. The van der Waals surface area contributed by atoms with Crippen molar-refractivity contribution in [3.63, 3.8) is 0 Å². The van der Waals surface area contributed by atoms with Crippen molar-refractivity contribution in [3.8, 4) is 5.69 Å². The van der Waals surface area contributed by atoms with Gasteiger partial charge in [-0.2, -0.15) is 5.10 Å². The standard InChI is InChI=1S/C24H27ClN4O3S/c1-16-7-6-8-22(11-16)29-18(3)12-20(19(29)4)14-26-27-24(30)15-28(33(5,31)32)21-10-9-17(2)23(25)13-21/h6-14H,15H2,1-5H3,(H,27,30)/b26-14-. The van der Waals surface area contributed by atoms with Crippen LogP contribution in [-0.4, -0.2) is 37.9 Å². The van der Waals surface area contributed by atoms with Crippen molar-refractivity contribution in [2.75, 3.05) is 17.1 Å². The fourth-order valence-electron chi connectivity index (χ4n) is 3.56. The molecule has 0 aliphatic rings. The minimum atomic E-state index is -3.70. The molecule has 0 aliphatic carbocycles. The van der Waals surface area contributed by atoms with Crippen LogP contribution in [0, 0.1) is 27.7 Å². The van der Waals surface area contributed by atoms with Crippen LogP contribution >= 0.6 is 11.6 Å². The lowest BCUT2D eigenvalue weighted by Gasteiger charge is -2.21. The zero-order chi connectivity index (χ0) is 24.3. The third kappa shape index (κ3) is 5.83. The Labute approximate surface area is 199 Å². The molecule has 0 unspecified atom stereocenters. The van der Waals surface area contributed by atoms with Crippen LogP contribution in [0.15, 0.2) is 53.6 Å². The Kier molecular flexibility index (Phi) is 7.29. The highest BCUT2D eigenvalue weighted by Crippen LogP contribution is 2.25. The van der Waals surface area contributed by atoms with Gasteiger partial charge in [0, 0.05) is 27.7 Å². The molecule has 0 radical (unpaired) electrons. The van der Waals surface area contributed by atoms with Crippen LogP contribution < -0.4 is 9.73 Å². The maximum absolute atomic E-state index is 12.5. The van der Waals surface area contributed by atoms with E-state index in [4.69, 9.17) is 11.6 Å². The fourth-order valence-corrected chi connectivity index (χ4v) is 4.58. The van der Waals surface area contributed by atoms with Gasteiger partial charge in [-0.15, -0.1) is 0 Å². The molecule has 0 spiro atoms. The van der Waals surface area contributed by atoms with Gasteiger partial charge in [-0.25, -0.2) is 13.8 Å². The molecular formula is C24H27ClN4O3S. The summed E-state index contributed by atoms with van der Waals surface area (Å²) in [7, 11) is -3.70. The van der Waals surface area contributed by atoms with E-state index >= 15 is 0 Å². The van der Waals surface area contributed by atoms with Crippen molar-refractivity contribution >= 4 is 39.4 Å². The summed E-state index contributed by atoms with van der Waals surface area (Å²) in [4.78, 5) is 12.5. The number of hydrogen-bond acceptors (Lipinski definition) is 4. The summed E-state index contributed by atoms with van der Waals surface area (Å²) in [6.45, 7) is 7.42. The number of sulfonamides is 1. The number of aromatic nitrogens is 1. The monoisotopic (exact) mass is 486 g/mol. The van der Waals surface area contributed by atoms with Crippen molar-refractivity contribution in [1.29, 1.82) is 0 Å². The van der Waals surface area contributed by atoms with Crippen LogP contribution in [0.25, 0.3) is 5.69 Å². The second-order valence-electron chi connectivity index (χ2n) is 8.00. The molecule has 0 fully saturated rings. The van der Waals surface area contributed by atoms with E-state index in [0.29, 0.717) is 10.7 Å². The van der Waals surface area contributed by atoms with E-state index in [-0.39, 0.29) is 0 Å². The molecule has 3 rings (SSSR count). The molecule has 2 aromatic carbocycles. The van der Waals surface area contributed by atoms with E-state index in [1.54, 1.807) is 18.3 Å². The van der Waals surface area contributed by atoms with Crippen molar-refractivity contribution < 1.29 is 13.2 Å². The number of benzene rings is 2. The van der Waals surface area contributed by atoms with Gasteiger partial charge in [-0.1, -0.05) is 29.8 Å². The van der Waals surface area contributed by atoms with Crippen LogP contribution in [0.1, 0.15) is 28.1 Å². The predicted octanol–water partition coefficient (Wildman–Crippen LogP) is 4.28. The molecule has 1 heterocycles. The Morgan fingerprint density at radius 2 is 1.85 bits per heavy atom. The van der Waals surface area contributed by atoms with Crippen molar-refractivity contribution in [2.24, 2.45) is 5.10 Å². The summed E-state index contributed by atoms with van der Waals surface area (Å²) in [5, 5.41) is 4.46. The van der Waals surface area contributed by atoms with Gasteiger partial charge in [0.25, 0.3) is 5.91 Å². The quantitative estimate of drug-likeness (QED) is 0.399. The first kappa shape index (κ1) is 24.5. The molecular weight excluding hydrogens is 460 g/mol. The second kappa shape index (κ2) is 9.80. The Morgan fingerprint density at radius 1 is 1.12 bits per heavy atom. The Hall–Kier alpha value is -3.10. The highest BCUT2D eigenvalue weighted by Gasteiger charge is 2.21. The maximum atomic E-state index is 12.5. The molecule has 0 bridgehead atoms. The third-order valence-electron chi connectivity index (χ3n) is 5.25. The lowest BCUT2D eigenvalue weighted by molar-refractivity contribution is -0.119. The molecule has 7 nitrogen and oxygen atoms in total. The number of aryl methyl sites for hydroxylation is 3. The van der Waals surface area contributed by atoms with Crippen LogP contribution in [0.5, 0.6) is 0 Å². The molecule has 3 aromatic rings. The SMILES string of the molecule is Cc1cccc(-n2c(C)cc(/C=N\NC(=O)CN(c3ccc(C)c(Cl)c3)S(C)(=O)=O)c2C)c1. The zero-order valence-electron chi connectivity index (χ0n) is 19.3. The third-order valence-corrected chi connectivity index (χ3v) is 6.80. The molecule has 0 atom stereocenters. The number of anilines is 1. The molecule has 1 N–H and O–H groups in total. The normalized spacial score (nSPS) is 11.7. The summed E-state index contributed by atoms with van der Waals surface area (Å²) >= 11 is 6.13. The molecule has 0 aliphatic heterocycles. The highest BCUT2D eigenvalue weighted by atomic mass is 35.5. The molecule has 1 amide bonds. The van der Waals surface area contributed by atoms with Crippen LogP contribution in [-0.2, 0) is 14.8 Å². The zero-order valence-corrected chi connectivity index (χ0v) is 20.8. The minimum Gasteiger partial charge on any atom is -0.318 e. The van der Waals surface area contributed by atoms with Crippen molar-refractivity contribution in [3.05, 3.63) is 81.6 Å². The lowest BCUT2D eigenvalue weighted by atomic mass is 10.2. The fraction of sp³-hybridized carbons (Fsp3) is 0.250. The van der Waals surface area contributed by atoms with Crippen molar-refractivity contribution in [2.45, 2.75) is 27.7 Å². The number of amides is 1. The molecule has 174 valence electrons. The first-order valence-corrected chi connectivity index (χ1v) is 12.5. The minimum absolute atomic E-state index is 0.314. The topological polar surface area (TPSA) is 83.8 Å². The van der Waals surface area contributed by atoms with E-state index in [0.717, 1.165) is 44.3 Å². The van der Waals surface area contributed by atoms with E-state index in [2.05, 4.69) is 21.2 Å². The number of hydrogen-bond donors (Lipinski definition) is 1. The smallest absolute Gasteiger partial charge is 0.260 e. The van der Waals surface area contributed by atoms with Crippen LogP contribution in [0.3, 0.4) is 0 Å². The average molecular weight is 487 g/mol. The molecule has 33 heavy (non-hydrogen) atoms. The van der Waals surface area contributed by atoms with Crippen molar-refractivity contribution in [1.82, 2.24) is 9.99 Å². The Bertz CT molecular complexity index is 1330. The van der Waals surface area contributed by atoms with Gasteiger partial charge < -0.3 is 4.57 Å². The lowest BCUT2D eigenvalue weighted by Crippen LogP contribution is -2.39. The summed E-state index contributed by atoms with van der Waals surface area (Å²) in [6, 6.07) is 15.0. The maximum Gasteiger partial charge on any atom is 0.260 e. The Morgan fingerprint density at radius 3 is 2.48 bits per heavy atom. The number of carbonyl (C=O) groups excluding carboxylic acids is 1. The summed E-state index contributed by atoms with van der Waals surface area (Å²) in [5.74, 6) is -0.569. The molecule has 0 saturated heterocycles. The van der Waals surface area contributed by atoms with Gasteiger partial charge in [-0.05, 0) is 69.2 Å². The summed E-state index contributed by atoms with van der Waals surface area (Å²) in [5.41, 5.74) is 8.61. The molecule has 1 aromatic heterocycles. The number of carbonyl (C=O) groups is 1. The van der Waals surface area contributed by atoms with Gasteiger partial charge in [0.15, 0.2) is 0 Å². The van der Waals surface area contributed by atoms with E-state index < -0.39 is 22.5 Å². The number of nitrogens with one attached hydrogen (secondary N) is 1. The van der Waals surface area contributed by atoms with Gasteiger partial charge >= 0.3 is 0 Å². The number of rotatable bonds is 7. The van der Waals surface area contributed by atoms with Gasteiger partial charge in [-0.3, -0.25) is 9.10 Å². The largest absolute Gasteiger partial charge is 0.318 e. The number of halogens is 1. The van der Waals surface area contributed by atoms with E-state index in [9.17, 15) is 13.2 Å². The first-order chi connectivity index (χ1) is 15.5. The van der Waals surface area contributed by atoms with Gasteiger partial charge in [0.2, 0.25) is 10.0 Å². The van der Waals surface area contributed by atoms with Crippen LogP contribution in [0.4, 0.5) is 5.69 Å². The first-order valence-electron chi connectivity index (χ1n) is 10.3.